The molecule has 1 unspecified atom stereocenters. The van der Waals surface area contributed by atoms with Crippen LogP contribution >= 0.6 is 7.82 Å². The lowest BCUT2D eigenvalue weighted by atomic mass is 10.0. The fourth-order valence-electron chi connectivity index (χ4n) is 4.02. The van der Waals surface area contributed by atoms with Crippen molar-refractivity contribution in [2.45, 2.75) is 129 Å². The Bertz CT molecular complexity index is 485. The molecule has 32 heavy (non-hydrogen) atoms. The molecule has 0 saturated heterocycles. The molecule has 5 nitrogen and oxygen atoms in total. The number of unbranched alkanes of at least 4 members (excludes halogenated alkanes) is 13. The number of nitrogens with zero attached hydrogens (tertiary/aromatic N) is 1. The third-order valence-electron chi connectivity index (χ3n) is 5.93. The van der Waals surface area contributed by atoms with Gasteiger partial charge in [0.05, 0.1) is 33.8 Å². The molecule has 0 fully saturated rings. The maximum atomic E-state index is 11.3. The molecule has 0 aromatic heterocycles. The molecule has 0 spiro atoms. The maximum absolute atomic E-state index is 11.3. The third kappa shape index (κ3) is 26.1. The van der Waals surface area contributed by atoms with Gasteiger partial charge in [-0.25, -0.2) is 4.57 Å². The molecule has 0 heterocycles. The molecule has 1 atom stereocenters. The van der Waals surface area contributed by atoms with Crippen LogP contribution in [-0.4, -0.2) is 48.1 Å². The van der Waals surface area contributed by atoms with Gasteiger partial charge in [-0.05, 0) is 51.4 Å². The highest BCUT2D eigenvalue weighted by molar-refractivity contribution is 7.46. The van der Waals surface area contributed by atoms with Crippen molar-refractivity contribution in [1.82, 2.24) is 0 Å². The Balaban J connectivity index is 3.69. The number of hydrogen-bond donors (Lipinski definition) is 2. The first-order valence-corrected chi connectivity index (χ1v) is 14.9. The second-order valence-corrected chi connectivity index (χ2v) is 11.6. The van der Waals surface area contributed by atoms with E-state index in [0.29, 0.717) is 0 Å². The summed E-state index contributed by atoms with van der Waals surface area (Å²) in [4.78, 5) is 18.4. The first kappa shape index (κ1) is 31.8. The van der Waals surface area contributed by atoms with Gasteiger partial charge in [0.1, 0.15) is 0 Å². The highest BCUT2D eigenvalue weighted by atomic mass is 31.2. The zero-order valence-corrected chi connectivity index (χ0v) is 22.7. The topological polar surface area (TPSA) is 66.8 Å². The summed E-state index contributed by atoms with van der Waals surface area (Å²) in [6, 6.07) is 0. The van der Waals surface area contributed by atoms with Crippen LogP contribution in [0.4, 0.5) is 0 Å². The number of rotatable bonds is 23. The zero-order valence-electron chi connectivity index (χ0n) is 21.8. The molecule has 6 heteroatoms. The molecular formula is C26H55NO4P+. The van der Waals surface area contributed by atoms with Crippen LogP contribution in [0.3, 0.4) is 0 Å². The molecule has 0 bridgehead atoms. The Hall–Kier alpha value is -0.190. The Morgan fingerprint density at radius 2 is 1.16 bits per heavy atom. The van der Waals surface area contributed by atoms with E-state index in [1.165, 1.54) is 77.0 Å². The van der Waals surface area contributed by atoms with E-state index in [1.54, 1.807) is 0 Å². The summed E-state index contributed by atoms with van der Waals surface area (Å²) >= 11 is 0. The number of hydrogen-bond acceptors (Lipinski definition) is 2. The average Bonchev–Trinajstić information content (AvgIpc) is 2.68. The lowest BCUT2D eigenvalue weighted by molar-refractivity contribution is -0.870. The number of phosphoric ester groups is 1. The Morgan fingerprint density at radius 1 is 0.719 bits per heavy atom. The second-order valence-electron chi connectivity index (χ2n) is 10.5. The van der Waals surface area contributed by atoms with Gasteiger partial charge in [0.2, 0.25) is 0 Å². The first-order chi connectivity index (χ1) is 15.1. The van der Waals surface area contributed by atoms with Gasteiger partial charge < -0.3 is 14.3 Å². The van der Waals surface area contributed by atoms with E-state index >= 15 is 0 Å². The van der Waals surface area contributed by atoms with Gasteiger partial charge in [0, 0.05) is 0 Å². The highest BCUT2D eigenvalue weighted by Gasteiger charge is 2.22. The number of allylic oxidation sites excluding steroid dienone is 2. The zero-order chi connectivity index (χ0) is 24.1. The van der Waals surface area contributed by atoms with Crippen molar-refractivity contribution in [1.29, 1.82) is 0 Å². The molecule has 192 valence electrons. The lowest BCUT2D eigenvalue weighted by Gasteiger charge is -2.24. The Labute approximate surface area is 199 Å². The van der Waals surface area contributed by atoms with Crippen LogP contribution in [0.15, 0.2) is 12.2 Å². The quantitative estimate of drug-likeness (QED) is 0.0684. The smallest absolute Gasteiger partial charge is 0.331 e. The van der Waals surface area contributed by atoms with Crippen LogP contribution in [0.2, 0.25) is 0 Å². The van der Waals surface area contributed by atoms with Crippen LogP contribution in [0.25, 0.3) is 0 Å². The van der Waals surface area contributed by atoms with Gasteiger partial charge in [-0.15, -0.1) is 0 Å². The maximum Gasteiger partial charge on any atom is 0.469 e. The number of phosphoric acid groups is 1. The predicted octanol–water partition coefficient (Wildman–Crippen LogP) is 7.77. The summed E-state index contributed by atoms with van der Waals surface area (Å²) in [6.07, 6.45) is 25.6. The minimum atomic E-state index is -4.40. The normalized spacial score (nSPS) is 13.8. The fourth-order valence-corrected chi connectivity index (χ4v) is 4.62. The van der Waals surface area contributed by atoms with E-state index in [-0.39, 0.29) is 6.10 Å². The predicted molar refractivity (Wildman–Crippen MR) is 138 cm³/mol. The molecule has 0 aliphatic carbocycles. The lowest BCUT2D eigenvalue weighted by Crippen LogP contribution is -2.35. The summed E-state index contributed by atoms with van der Waals surface area (Å²) < 4.78 is 17.2. The monoisotopic (exact) mass is 476 g/mol. The van der Waals surface area contributed by atoms with Crippen LogP contribution in [0.5, 0.6) is 0 Å². The number of quaternary nitrogens is 1. The van der Waals surface area contributed by atoms with Crippen molar-refractivity contribution < 1.29 is 23.4 Å². The molecule has 0 radical (unpaired) electrons. The summed E-state index contributed by atoms with van der Waals surface area (Å²) in [5.41, 5.74) is 0. The molecular weight excluding hydrogens is 421 g/mol. The Kier molecular flexibility index (Phi) is 20.1. The minimum Gasteiger partial charge on any atom is -0.331 e. The molecule has 2 N–H and O–H groups in total. The van der Waals surface area contributed by atoms with Crippen LogP contribution in [-0.2, 0) is 9.09 Å². The average molecular weight is 477 g/mol. The van der Waals surface area contributed by atoms with Crippen LogP contribution < -0.4 is 0 Å². The van der Waals surface area contributed by atoms with Gasteiger partial charge in [0.25, 0.3) is 0 Å². The van der Waals surface area contributed by atoms with Crippen molar-refractivity contribution >= 4 is 7.82 Å². The van der Waals surface area contributed by atoms with E-state index in [1.807, 2.05) is 0 Å². The summed E-state index contributed by atoms with van der Waals surface area (Å²) in [7, 11) is 2.08. The largest absolute Gasteiger partial charge is 0.469 e. The van der Waals surface area contributed by atoms with E-state index in [2.05, 4.69) is 40.2 Å². The standard InChI is InChI=1S/C26H54NO4P/c1-5-6-7-8-9-10-11-12-13-14-15-16-17-18-19-20-23-26(31-32(28,29)30)24-21-22-25-27(2,3)4/h12-13,26H,5-11,14-25H2,1-4H3,(H-,28,29,30)/p+1/b13-12-. The van der Waals surface area contributed by atoms with Gasteiger partial charge in [0.15, 0.2) is 0 Å². The van der Waals surface area contributed by atoms with Gasteiger partial charge in [-0.3, -0.25) is 4.52 Å². The van der Waals surface area contributed by atoms with Crippen molar-refractivity contribution in [3.63, 3.8) is 0 Å². The molecule has 0 aromatic carbocycles. The van der Waals surface area contributed by atoms with E-state index < -0.39 is 7.82 Å². The third-order valence-corrected chi connectivity index (χ3v) is 6.50. The Morgan fingerprint density at radius 3 is 1.62 bits per heavy atom. The van der Waals surface area contributed by atoms with Crippen molar-refractivity contribution in [2.75, 3.05) is 27.7 Å². The van der Waals surface area contributed by atoms with Gasteiger partial charge in [-0.2, -0.15) is 0 Å². The van der Waals surface area contributed by atoms with Crippen molar-refractivity contribution in [2.24, 2.45) is 0 Å². The molecule has 0 saturated carbocycles. The highest BCUT2D eigenvalue weighted by Crippen LogP contribution is 2.39. The molecule has 0 amide bonds. The van der Waals surface area contributed by atoms with Crippen molar-refractivity contribution in [3.8, 4) is 0 Å². The van der Waals surface area contributed by atoms with Crippen molar-refractivity contribution in [3.05, 3.63) is 12.2 Å². The van der Waals surface area contributed by atoms with E-state index in [0.717, 1.165) is 49.6 Å². The SMILES string of the molecule is CCCCCCCC/C=C\CCCCCCCCC(CCCC[N+](C)(C)C)OP(=O)(O)O. The minimum absolute atomic E-state index is 0.319. The summed E-state index contributed by atoms with van der Waals surface area (Å²) in [5, 5.41) is 0. The second kappa shape index (κ2) is 20.2. The van der Waals surface area contributed by atoms with Crippen LogP contribution in [0, 0.1) is 0 Å². The molecule has 0 aliphatic rings. The summed E-state index contributed by atoms with van der Waals surface area (Å²) in [6.45, 7) is 3.33. The van der Waals surface area contributed by atoms with E-state index in [4.69, 9.17) is 4.52 Å². The van der Waals surface area contributed by atoms with E-state index in [9.17, 15) is 14.4 Å². The van der Waals surface area contributed by atoms with Gasteiger partial charge >= 0.3 is 7.82 Å². The fraction of sp³-hybridized carbons (Fsp3) is 0.923. The molecule has 0 rings (SSSR count). The first-order valence-electron chi connectivity index (χ1n) is 13.3. The molecule has 0 aliphatic heterocycles. The van der Waals surface area contributed by atoms with Crippen LogP contribution in [0.1, 0.15) is 122 Å². The summed E-state index contributed by atoms with van der Waals surface area (Å²) in [5.74, 6) is 0. The molecule has 0 aromatic rings. The van der Waals surface area contributed by atoms with Gasteiger partial charge in [-0.1, -0.05) is 83.3 Å².